The van der Waals surface area contributed by atoms with Crippen LogP contribution < -0.4 is 10.1 Å². The number of nitrogens with zero attached hydrogens (tertiary/aromatic N) is 1. The molecule has 5 heteroatoms. The molecule has 130 valence electrons. The van der Waals surface area contributed by atoms with Crippen molar-refractivity contribution in [1.82, 2.24) is 4.90 Å². The van der Waals surface area contributed by atoms with Crippen LogP contribution in [0.3, 0.4) is 0 Å². The van der Waals surface area contributed by atoms with Gasteiger partial charge in [0, 0.05) is 24.3 Å². The SMILES string of the molecule is Cc1ccc(F)c(CNc2ccc(OCC(O)CN(C)C)cc2)c1. The highest BCUT2D eigenvalue weighted by Crippen LogP contribution is 2.18. The molecule has 0 heterocycles. The fourth-order valence-electron chi connectivity index (χ4n) is 2.37. The zero-order chi connectivity index (χ0) is 17.5. The van der Waals surface area contributed by atoms with Gasteiger partial charge in [0.2, 0.25) is 0 Å². The van der Waals surface area contributed by atoms with Crippen LogP contribution in [0.25, 0.3) is 0 Å². The van der Waals surface area contributed by atoms with Gasteiger partial charge >= 0.3 is 0 Å². The smallest absolute Gasteiger partial charge is 0.128 e. The molecule has 0 aliphatic heterocycles. The number of anilines is 1. The Labute approximate surface area is 142 Å². The fraction of sp³-hybridized carbons (Fsp3) is 0.368. The average molecular weight is 332 g/mol. The highest BCUT2D eigenvalue weighted by Gasteiger charge is 2.07. The van der Waals surface area contributed by atoms with Crippen molar-refractivity contribution in [3.05, 3.63) is 59.4 Å². The highest BCUT2D eigenvalue weighted by atomic mass is 19.1. The Hall–Kier alpha value is -2.11. The van der Waals surface area contributed by atoms with E-state index in [1.165, 1.54) is 6.07 Å². The van der Waals surface area contributed by atoms with E-state index >= 15 is 0 Å². The van der Waals surface area contributed by atoms with Crippen LogP contribution in [0.4, 0.5) is 10.1 Å². The van der Waals surface area contributed by atoms with Crippen molar-refractivity contribution in [2.75, 3.05) is 32.6 Å². The van der Waals surface area contributed by atoms with Gasteiger partial charge in [-0.1, -0.05) is 17.7 Å². The summed E-state index contributed by atoms with van der Waals surface area (Å²) in [6.45, 7) is 3.18. The minimum atomic E-state index is -0.526. The molecule has 0 bridgehead atoms. The first-order valence-corrected chi connectivity index (χ1v) is 7.98. The minimum absolute atomic E-state index is 0.206. The second kappa shape index (κ2) is 8.66. The molecule has 0 saturated heterocycles. The number of nitrogens with one attached hydrogen (secondary N) is 1. The number of aryl methyl sites for hydroxylation is 1. The first-order chi connectivity index (χ1) is 11.4. The largest absolute Gasteiger partial charge is 0.491 e. The molecule has 0 aliphatic rings. The Morgan fingerprint density at radius 2 is 1.88 bits per heavy atom. The number of aliphatic hydroxyl groups excluding tert-OH is 1. The van der Waals surface area contributed by atoms with E-state index in [2.05, 4.69) is 5.32 Å². The lowest BCUT2D eigenvalue weighted by Gasteiger charge is -2.16. The molecule has 0 fully saturated rings. The quantitative estimate of drug-likeness (QED) is 0.780. The summed E-state index contributed by atoms with van der Waals surface area (Å²) in [4.78, 5) is 1.91. The molecule has 0 radical (unpaired) electrons. The Kier molecular flexibility index (Phi) is 6.58. The molecular formula is C19H25FN2O2. The summed E-state index contributed by atoms with van der Waals surface area (Å²) < 4.78 is 19.3. The van der Waals surface area contributed by atoms with E-state index in [1.54, 1.807) is 6.07 Å². The van der Waals surface area contributed by atoms with E-state index < -0.39 is 6.10 Å². The van der Waals surface area contributed by atoms with Gasteiger partial charge in [0.1, 0.15) is 24.3 Å². The third-order valence-electron chi connectivity index (χ3n) is 3.56. The number of aliphatic hydroxyl groups is 1. The standard InChI is InChI=1S/C19H25FN2O2/c1-14-4-9-19(20)15(10-14)11-21-16-5-7-18(8-6-16)24-13-17(23)12-22(2)3/h4-10,17,21,23H,11-13H2,1-3H3. The van der Waals surface area contributed by atoms with Gasteiger partial charge in [0.15, 0.2) is 0 Å². The summed E-state index contributed by atoms with van der Waals surface area (Å²) >= 11 is 0. The van der Waals surface area contributed by atoms with Crippen molar-refractivity contribution in [3.8, 4) is 5.75 Å². The van der Waals surface area contributed by atoms with E-state index in [9.17, 15) is 9.50 Å². The zero-order valence-electron chi connectivity index (χ0n) is 14.4. The third-order valence-corrected chi connectivity index (χ3v) is 3.56. The molecule has 2 aromatic rings. The third kappa shape index (κ3) is 5.83. The maximum atomic E-state index is 13.7. The van der Waals surface area contributed by atoms with Crippen molar-refractivity contribution < 1.29 is 14.2 Å². The topological polar surface area (TPSA) is 44.7 Å². The summed E-state index contributed by atoms with van der Waals surface area (Å²) in [7, 11) is 3.81. The molecule has 0 spiro atoms. The molecule has 2 aromatic carbocycles. The zero-order valence-corrected chi connectivity index (χ0v) is 14.4. The Balaban J connectivity index is 1.84. The molecule has 1 unspecified atom stereocenters. The summed E-state index contributed by atoms with van der Waals surface area (Å²) in [5.41, 5.74) is 2.56. The van der Waals surface area contributed by atoms with Gasteiger partial charge in [-0.15, -0.1) is 0 Å². The van der Waals surface area contributed by atoms with Crippen molar-refractivity contribution in [2.24, 2.45) is 0 Å². The first kappa shape index (κ1) is 18.2. The van der Waals surface area contributed by atoms with E-state index in [0.29, 0.717) is 24.4 Å². The predicted molar refractivity (Wildman–Crippen MR) is 95.0 cm³/mol. The van der Waals surface area contributed by atoms with Gasteiger partial charge in [0.25, 0.3) is 0 Å². The maximum absolute atomic E-state index is 13.7. The van der Waals surface area contributed by atoms with Crippen LogP contribution in [0, 0.1) is 12.7 Å². The number of ether oxygens (including phenoxy) is 1. The van der Waals surface area contributed by atoms with Crippen LogP contribution in [0.5, 0.6) is 5.75 Å². The number of hydrogen-bond donors (Lipinski definition) is 2. The summed E-state index contributed by atoms with van der Waals surface area (Å²) in [5.74, 6) is 0.489. The molecule has 0 amide bonds. The molecule has 24 heavy (non-hydrogen) atoms. The van der Waals surface area contributed by atoms with Crippen LogP contribution in [-0.4, -0.2) is 43.4 Å². The van der Waals surface area contributed by atoms with E-state index in [1.807, 2.05) is 56.3 Å². The van der Waals surface area contributed by atoms with Crippen molar-refractivity contribution in [2.45, 2.75) is 19.6 Å². The van der Waals surface area contributed by atoms with Gasteiger partial charge in [0.05, 0.1) is 0 Å². The molecule has 1 atom stereocenters. The fourth-order valence-corrected chi connectivity index (χ4v) is 2.37. The number of halogens is 1. The van der Waals surface area contributed by atoms with Crippen molar-refractivity contribution in [1.29, 1.82) is 0 Å². The second-order valence-electron chi connectivity index (χ2n) is 6.20. The van der Waals surface area contributed by atoms with E-state index in [0.717, 1.165) is 11.3 Å². The average Bonchev–Trinajstić information content (AvgIpc) is 2.54. The van der Waals surface area contributed by atoms with Gasteiger partial charge in [-0.3, -0.25) is 0 Å². The summed E-state index contributed by atoms with van der Waals surface area (Å²) in [6, 6.07) is 12.5. The molecular weight excluding hydrogens is 307 g/mol. The lowest BCUT2D eigenvalue weighted by molar-refractivity contribution is 0.0831. The molecule has 0 saturated carbocycles. The van der Waals surface area contributed by atoms with Gasteiger partial charge < -0.3 is 20.1 Å². The molecule has 0 aliphatic carbocycles. The lowest BCUT2D eigenvalue weighted by Crippen LogP contribution is -2.30. The minimum Gasteiger partial charge on any atom is -0.491 e. The number of rotatable bonds is 8. The van der Waals surface area contributed by atoms with Crippen LogP contribution in [0.2, 0.25) is 0 Å². The normalized spacial score (nSPS) is 12.2. The van der Waals surface area contributed by atoms with Crippen molar-refractivity contribution in [3.63, 3.8) is 0 Å². The number of likely N-dealkylation sites (N-methyl/N-ethyl adjacent to an activating group) is 1. The Morgan fingerprint density at radius 1 is 1.17 bits per heavy atom. The van der Waals surface area contributed by atoms with Crippen LogP contribution in [-0.2, 0) is 6.54 Å². The first-order valence-electron chi connectivity index (χ1n) is 7.98. The summed E-state index contributed by atoms with van der Waals surface area (Å²) in [5, 5.41) is 13.0. The van der Waals surface area contributed by atoms with Crippen LogP contribution >= 0.6 is 0 Å². The molecule has 4 nitrogen and oxygen atoms in total. The Bertz CT molecular complexity index is 644. The molecule has 2 rings (SSSR count). The van der Waals surface area contributed by atoms with Crippen LogP contribution in [0.1, 0.15) is 11.1 Å². The van der Waals surface area contributed by atoms with E-state index in [-0.39, 0.29) is 12.4 Å². The summed E-state index contributed by atoms with van der Waals surface area (Å²) in [6.07, 6.45) is -0.526. The van der Waals surface area contributed by atoms with Gasteiger partial charge in [-0.25, -0.2) is 4.39 Å². The monoisotopic (exact) mass is 332 g/mol. The van der Waals surface area contributed by atoms with E-state index in [4.69, 9.17) is 4.74 Å². The maximum Gasteiger partial charge on any atom is 0.128 e. The lowest BCUT2D eigenvalue weighted by atomic mass is 10.1. The second-order valence-corrected chi connectivity index (χ2v) is 6.20. The van der Waals surface area contributed by atoms with Crippen molar-refractivity contribution >= 4 is 5.69 Å². The van der Waals surface area contributed by atoms with Crippen LogP contribution in [0.15, 0.2) is 42.5 Å². The van der Waals surface area contributed by atoms with Gasteiger partial charge in [-0.05, 0) is 51.4 Å². The number of hydrogen-bond acceptors (Lipinski definition) is 4. The predicted octanol–water partition coefficient (Wildman–Crippen LogP) is 3.05. The Morgan fingerprint density at radius 3 is 2.54 bits per heavy atom. The number of benzene rings is 2. The molecule has 2 N–H and O–H groups in total. The highest BCUT2D eigenvalue weighted by molar-refractivity contribution is 5.47. The van der Waals surface area contributed by atoms with Gasteiger partial charge in [-0.2, -0.15) is 0 Å². The molecule has 0 aromatic heterocycles.